The molecule has 0 radical (unpaired) electrons. The topological polar surface area (TPSA) is 29.5 Å². The number of aliphatic hydroxyl groups excluding tert-OH is 1. The molecule has 2 rings (SSSR count). The van der Waals surface area contributed by atoms with E-state index in [4.69, 9.17) is 4.74 Å². The first-order chi connectivity index (χ1) is 7.66. The Hall–Kier alpha value is -0.380. The fraction of sp³-hybridized carbons (Fsp3) is 0.538. The zero-order valence-corrected chi connectivity index (χ0v) is 11.0. The number of hydrogen-bond donors (Lipinski definition) is 1. The Morgan fingerprint density at radius 2 is 2.25 bits per heavy atom. The van der Waals surface area contributed by atoms with Crippen LogP contribution in [0.5, 0.6) is 0 Å². The molecule has 0 aliphatic carbocycles. The van der Waals surface area contributed by atoms with Crippen molar-refractivity contribution in [1.82, 2.24) is 0 Å². The van der Waals surface area contributed by atoms with E-state index in [-0.39, 0.29) is 12.0 Å². The molecule has 3 heteroatoms. The van der Waals surface area contributed by atoms with Crippen molar-refractivity contribution in [3.8, 4) is 0 Å². The Labute approximate surface area is 105 Å². The quantitative estimate of drug-likeness (QED) is 0.925. The number of halogens is 1. The van der Waals surface area contributed by atoms with Gasteiger partial charge >= 0.3 is 0 Å². The van der Waals surface area contributed by atoms with E-state index < -0.39 is 0 Å². The van der Waals surface area contributed by atoms with E-state index >= 15 is 0 Å². The van der Waals surface area contributed by atoms with Crippen LogP contribution in [0.25, 0.3) is 0 Å². The van der Waals surface area contributed by atoms with Crippen molar-refractivity contribution < 1.29 is 9.84 Å². The number of benzene rings is 1. The smallest absolute Gasteiger partial charge is 0.0632 e. The maximum atomic E-state index is 10.1. The summed E-state index contributed by atoms with van der Waals surface area (Å²) < 4.78 is 6.55. The minimum Gasteiger partial charge on any atom is -0.392 e. The molecule has 0 saturated carbocycles. The van der Waals surface area contributed by atoms with Crippen LogP contribution in [0.15, 0.2) is 28.7 Å². The summed E-state index contributed by atoms with van der Waals surface area (Å²) >= 11 is 3.50. The largest absolute Gasteiger partial charge is 0.392 e. The van der Waals surface area contributed by atoms with E-state index in [9.17, 15) is 5.11 Å². The molecule has 0 amide bonds. The molecular weight excluding hydrogens is 268 g/mol. The first kappa shape index (κ1) is 12.1. The van der Waals surface area contributed by atoms with Crippen LogP contribution >= 0.6 is 15.9 Å². The van der Waals surface area contributed by atoms with E-state index in [2.05, 4.69) is 22.9 Å². The normalized spacial score (nSPS) is 26.9. The van der Waals surface area contributed by atoms with E-state index in [1.54, 1.807) is 0 Å². The van der Waals surface area contributed by atoms with Gasteiger partial charge in [0.25, 0.3) is 0 Å². The van der Waals surface area contributed by atoms with Crippen LogP contribution in [0.1, 0.15) is 18.9 Å². The first-order valence-corrected chi connectivity index (χ1v) is 6.49. The van der Waals surface area contributed by atoms with Gasteiger partial charge in [0, 0.05) is 10.4 Å². The van der Waals surface area contributed by atoms with Crippen molar-refractivity contribution in [1.29, 1.82) is 0 Å². The minimum atomic E-state index is -0.302. The number of rotatable bonds is 3. The SMILES string of the molecule is CC1CC(C(O)Cc2ccccc2Br)CO1. The van der Waals surface area contributed by atoms with Crippen LogP contribution in [0.4, 0.5) is 0 Å². The van der Waals surface area contributed by atoms with E-state index in [0.29, 0.717) is 19.1 Å². The Bertz CT molecular complexity index is 354. The molecule has 1 fully saturated rings. The van der Waals surface area contributed by atoms with Gasteiger partial charge in [-0.3, -0.25) is 0 Å². The van der Waals surface area contributed by atoms with Crippen molar-refractivity contribution in [2.75, 3.05) is 6.61 Å². The summed E-state index contributed by atoms with van der Waals surface area (Å²) in [6.45, 7) is 2.75. The second kappa shape index (κ2) is 5.30. The predicted octanol–water partition coefficient (Wildman–Crippen LogP) is 2.78. The van der Waals surface area contributed by atoms with E-state index in [0.717, 1.165) is 16.5 Å². The van der Waals surface area contributed by atoms with Crippen LogP contribution in [0.2, 0.25) is 0 Å². The van der Waals surface area contributed by atoms with Crippen molar-refractivity contribution >= 4 is 15.9 Å². The lowest BCUT2D eigenvalue weighted by Gasteiger charge is -2.17. The third-order valence-electron chi connectivity index (χ3n) is 3.16. The molecule has 1 aliphatic heterocycles. The third-order valence-corrected chi connectivity index (χ3v) is 3.93. The lowest BCUT2D eigenvalue weighted by molar-refractivity contribution is 0.0806. The van der Waals surface area contributed by atoms with Gasteiger partial charge in [0.05, 0.1) is 18.8 Å². The zero-order chi connectivity index (χ0) is 11.5. The summed E-state index contributed by atoms with van der Waals surface area (Å²) in [6, 6.07) is 8.05. The van der Waals surface area contributed by atoms with Gasteiger partial charge in [0.1, 0.15) is 0 Å². The van der Waals surface area contributed by atoms with Crippen LogP contribution < -0.4 is 0 Å². The highest BCUT2D eigenvalue weighted by Crippen LogP contribution is 2.26. The summed E-state index contributed by atoms with van der Waals surface area (Å²) in [7, 11) is 0. The van der Waals surface area contributed by atoms with E-state index in [1.165, 1.54) is 0 Å². The molecule has 1 aliphatic rings. The zero-order valence-electron chi connectivity index (χ0n) is 9.40. The molecule has 0 aromatic heterocycles. The van der Waals surface area contributed by atoms with Crippen molar-refractivity contribution in [2.24, 2.45) is 5.92 Å². The Morgan fingerprint density at radius 3 is 2.88 bits per heavy atom. The molecule has 16 heavy (non-hydrogen) atoms. The molecule has 0 bridgehead atoms. The molecule has 1 N–H and O–H groups in total. The standard InChI is InChI=1S/C13H17BrO2/c1-9-6-11(8-16-9)13(15)7-10-4-2-3-5-12(10)14/h2-5,9,11,13,15H,6-8H2,1H3. The highest BCUT2D eigenvalue weighted by atomic mass is 79.9. The molecule has 1 aromatic carbocycles. The Balaban J connectivity index is 1.97. The molecular formula is C13H17BrO2. The van der Waals surface area contributed by atoms with Gasteiger partial charge in [-0.15, -0.1) is 0 Å². The summed E-state index contributed by atoms with van der Waals surface area (Å²) in [4.78, 5) is 0. The van der Waals surface area contributed by atoms with Gasteiger partial charge in [-0.25, -0.2) is 0 Å². The first-order valence-electron chi connectivity index (χ1n) is 5.70. The maximum Gasteiger partial charge on any atom is 0.0632 e. The second-order valence-corrected chi connectivity index (χ2v) is 5.36. The van der Waals surface area contributed by atoms with Crippen LogP contribution in [-0.2, 0) is 11.2 Å². The molecule has 2 nitrogen and oxygen atoms in total. The van der Waals surface area contributed by atoms with Gasteiger partial charge in [-0.05, 0) is 31.4 Å². The molecule has 1 saturated heterocycles. The molecule has 3 unspecified atom stereocenters. The van der Waals surface area contributed by atoms with Crippen molar-refractivity contribution in [3.05, 3.63) is 34.3 Å². The lowest BCUT2D eigenvalue weighted by Crippen LogP contribution is -2.23. The average molecular weight is 285 g/mol. The molecule has 1 heterocycles. The maximum absolute atomic E-state index is 10.1. The fourth-order valence-electron chi connectivity index (χ4n) is 2.17. The minimum absolute atomic E-state index is 0.280. The molecule has 3 atom stereocenters. The monoisotopic (exact) mass is 284 g/mol. The van der Waals surface area contributed by atoms with Crippen LogP contribution in [-0.4, -0.2) is 23.9 Å². The van der Waals surface area contributed by atoms with Gasteiger partial charge in [0.2, 0.25) is 0 Å². The highest BCUT2D eigenvalue weighted by Gasteiger charge is 2.28. The summed E-state index contributed by atoms with van der Waals surface area (Å²) in [5.74, 6) is 0.280. The van der Waals surface area contributed by atoms with Gasteiger partial charge in [0.15, 0.2) is 0 Å². The highest BCUT2D eigenvalue weighted by molar-refractivity contribution is 9.10. The van der Waals surface area contributed by atoms with Crippen LogP contribution in [0, 0.1) is 5.92 Å². The summed E-state index contributed by atoms with van der Waals surface area (Å²) in [5, 5.41) is 10.1. The van der Waals surface area contributed by atoms with E-state index in [1.807, 2.05) is 24.3 Å². The van der Waals surface area contributed by atoms with Gasteiger partial charge in [-0.1, -0.05) is 34.1 Å². The van der Waals surface area contributed by atoms with Crippen molar-refractivity contribution in [3.63, 3.8) is 0 Å². The average Bonchev–Trinajstić information content (AvgIpc) is 2.68. The summed E-state index contributed by atoms with van der Waals surface area (Å²) in [6.07, 6.45) is 1.65. The fourth-order valence-corrected chi connectivity index (χ4v) is 2.62. The van der Waals surface area contributed by atoms with Gasteiger partial charge in [-0.2, -0.15) is 0 Å². The lowest BCUT2D eigenvalue weighted by atomic mass is 9.94. The molecule has 88 valence electrons. The predicted molar refractivity (Wildman–Crippen MR) is 67.4 cm³/mol. The number of ether oxygens (including phenoxy) is 1. The number of hydrogen-bond acceptors (Lipinski definition) is 2. The Kier molecular flexibility index (Phi) is 4.00. The summed E-state index contributed by atoms with van der Waals surface area (Å²) in [5.41, 5.74) is 1.16. The third kappa shape index (κ3) is 2.84. The van der Waals surface area contributed by atoms with Crippen molar-refractivity contribution in [2.45, 2.75) is 32.0 Å². The Morgan fingerprint density at radius 1 is 1.50 bits per heavy atom. The second-order valence-electron chi connectivity index (χ2n) is 4.50. The van der Waals surface area contributed by atoms with Gasteiger partial charge < -0.3 is 9.84 Å². The molecule has 1 aromatic rings. The molecule has 0 spiro atoms. The van der Waals surface area contributed by atoms with Crippen LogP contribution in [0.3, 0.4) is 0 Å². The number of aliphatic hydroxyl groups is 1.